The van der Waals surface area contributed by atoms with Crippen molar-refractivity contribution < 1.29 is 4.79 Å². The number of likely N-dealkylation sites (N-methyl/N-ethyl adjacent to an activating group) is 1. The molecule has 0 aromatic rings. The van der Waals surface area contributed by atoms with Gasteiger partial charge < -0.3 is 10.2 Å². The summed E-state index contributed by atoms with van der Waals surface area (Å²) in [5.41, 5.74) is -0.162. The van der Waals surface area contributed by atoms with E-state index in [0.29, 0.717) is 6.54 Å². The van der Waals surface area contributed by atoms with E-state index < -0.39 is 0 Å². The number of amides is 1. The largest absolute Gasteiger partial charge is 0.342 e. The van der Waals surface area contributed by atoms with Crippen molar-refractivity contribution in [3.8, 4) is 0 Å². The zero-order valence-electron chi connectivity index (χ0n) is 10.6. The molecule has 1 fully saturated rings. The molecule has 0 saturated carbocycles. The predicted molar refractivity (Wildman–Crippen MR) is 67.3 cm³/mol. The van der Waals surface area contributed by atoms with E-state index in [4.69, 9.17) is 0 Å². The average Bonchev–Trinajstić information content (AvgIpc) is 2.30. The molecule has 0 aliphatic carbocycles. The van der Waals surface area contributed by atoms with Crippen LogP contribution in [0.3, 0.4) is 0 Å². The van der Waals surface area contributed by atoms with Gasteiger partial charge in [0.05, 0.1) is 5.41 Å². The average molecular weight is 224 g/mol. The highest BCUT2D eigenvalue weighted by Gasteiger charge is 2.39. The molecule has 3 nitrogen and oxygen atoms in total. The van der Waals surface area contributed by atoms with Crippen LogP contribution in [0.25, 0.3) is 0 Å². The molecule has 16 heavy (non-hydrogen) atoms. The smallest absolute Gasteiger partial charge is 0.230 e. The Morgan fingerprint density at radius 3 is 2.88 bits per heavy atom. The topological polar surface area (TPSA) is 32.3 Å². The van der Waals surface area contributed by atoms with Crippen molar-refractivity contribution in [3.63, 3.8) is 0 Å². The van der Waals surface area contributed by atoms with E-state index in [1.54, 1.807) is 11.0 Å². The van der Waals surface area contributed by atoms with Crippen LogP contribution in [0.4, 0.5) is 0 Å². The number of piperidine rings is 1. The predicted octanol–water partition coefficient (Wildman–Crippen LogP) is 1.80. The standard InChI is InChI=1S/C13H24N2O/c1-4-7-13(8-6-9-14-11-13)12(16)15(3)10-5-2/h5,14H,2,4,6-11H2,1,3H3. The van der Waals surface area contributed by atoms with Crippen molar-refractivity contribution in [1.82, 2.24) is 10.2 Å². The van der Waals surface area contributed by atoms with Crippen LogP contribution < -0.4 is 5.32 Å². The Balaban J connectivity index is 2.74. The molecule has 1 amide bonds. The van der Waals surface area contributed by atoms with Gasteiger partial charge in [0.15, 0.2) is 0 Å². The van der Waals surface area contributed by atoms with Crippen LogP contribution in [0.15, 0.2) is 12.7 Å². The molecule has 0 aromatic heterocycles. The van der Waals surface area contributed by atoms with Crippen LogP contribution in [0.2, 0.25) is 0 Å². The molecule has 3 heteroatoms. The molecule has 1 rings (SSSR count). The lowest BCUT2D eigenvalue weighted by atomic mass is 9.76. The SMILES string of the molecule is C=CCN(C)C(=O)C1(CCC)CCCNC1. The third kappa shape index (κ3) is 2.85. The van der Waals surface area contributed by atoms with Crippen molar-refractivity contribution in [2.45, 2.75) is 32.6 Å². The van der Waals surface area contributed by atoms with Crippen LogP contribution in [0.1, 0.15) is 32.6 Å². The maximum atomic E-state index is 12.4. The van der Waals surface area contributed by atoms with Gasteiger partial charge >= 0.3 is 0 Å². The summed E-state index contributed by atoms with van der Waals surface area (Å²) in [5.74, 6) is 0.279. The van der Waals surface area contributed by atoms with Crippen LogP contribution in [0, 0.1) is 5.41 Å². The van der Waals surface area contributed by atoms with Crippen molar-refractivity contribution >= 4 is 5.91 Å². The fourth-order valence-corrected chi connectivity index (χ4v) is 2.63. The Morgan fingerprint density at radius 2 is 2.38 bits per heavy atom. The van der Waals surface area contributed by atoms with Gasteiger partial charge in [-0.1, -0.05) is 19.4 Å². The normalized spacial score (nSPS) is 25.1. The number of carbonyl (C=O) groups is 1. The maximum Gasteiger partial charge on any atom is 0.230 e. The Hall–Kier alpha value is -0.830. The van der Waals surface area contributed by atoms with Crippen LogP contribution in [-0.2, 0) is 4.79 Å². The highest BCUT2D eigenvalue weighted by molar-refractivity contribution is 5.83. The van der Waals surface area contributed by atoms with E-state index in [0.717, 1.165) is 38.8 Å². The third-order valence-electron chi connectivity index (χ3n) is 3.40. The Morgan fingerprint density at radius 1 is 1.62 bits per heavy atom. The zero-order valence-corrected chi connectivity index (χ0v) is 10.6. The van der Waals surface area contributed by atoms with E-state index in [9.17, 15) is 4.79 Å². The highest BCUT2D eigenvalue weighted by atomic mass is 16.2. The fraction of sp³-hybridized carbons (Fsp3) is 0.769. The summed E-state index contributed by atoms with van der Waals surface area (Å²) in [5, 5.41) is 3.37. The van der Waals surface area contributed by atoms with E-state index in [1.807, 2.05) is 7.05 Å². The first-order valence-electron chi connectivity index (χ1n) is 6.23. The monoisotopic (exact) mass is 224 g/mol. The summed E-state index contributed by atoms with van der Waals surface area (Å²) in [6.07, 6.45) is 5.96. The van der Waals surface area contributed by atoms with Gasteiger partial charge in [0.1, 0.15) is 0 Å². The van der Waals surface area contributed by atoms with Crippen molar-refractivity contribution in [3.05, 3.63) is 12.7 Å². The fourth-order valence-electron chi connectivity index (χ4n) is 2.63. The van der Waals surface area contributed by atoms with Crippen molar-refractivity contribution in [2.75, 3.05) is 26.7 Å². The van der Waals surface area contributed by atoms with E-state index in [2.05, 4.69) is 18.8 Å². The number of rotatable bonds is 5. The summed E-state index contributed by atoms with van der Waals surface area (Å²) < 4.78 is 0. The summed E-state index contributed by atoms with van der Waals surface area (Å²) in [6, 6.07) is 0. The first kappa shape index (κ1) is 13.2. The minimum atomic E-state index is -0.162. The minimum absolute atomic E-state index is 0.162. The number of hydrogen-bond donors (Lipinski definition) is 1. The van der Waals surface area contributed by atoms with Crippen molar-refractivity contribution in [1.29, 1.82) is 0 Å². The summed E-state index contributed by atoms with van der Waals surface area (Å²) in [4.78, 5) is 14.2. The van der Waals surface area contributed by atoms with E-state index in [-0.39, 0.29) is 11.3 Å². The Bertz CT molecular complexity index is 239. The quantitative estimate of drug-likeness (QED) is 0.722. The highest BCUT2D eigenvalue weighted by Crippen LogP contribution is 2.33. The lowest BCUT2D eigenvalue weighted by molar-refractivity contribution is -0.142. The van der Waals surface area contributed by atoms with Crippen LogP contribution >= 0.6 is 0 Å². The Labute approximate surface area is 98.9 Å². The number of nitrogens with one attached hydrogen (secondary N) is 1. The number of hydrogen-bond acceptors (Lipinski definition) is 2. The molecule has 92 valence electrons. The second kappa shape index (κ2) is 6.04. The molecule has 0 spiro atoms. The summed E-state index contributed by atoms with van der Waals surface area (Å²) in [6.45, 7) is 8.36. The molecule has 0 aromatic carbocycles. The maximum absolute atomic E-state index is 12.4. The van der Waals surface area contributed by atoms with E-state index in [1.165, 1.54) is 0 Å². The lowest BCUT2D eigenvalue weighted by Crippen LogP contribution is -2.50. The lowest BCUT2D eigenvalue weighted by Gasteiger charge is -2.38. The summed E-state index contributed by atoms with van der Waals surface area (Å²) >= 11 is 0. The number of carbonyl (C=O) groups excluding carboxylic acids is 1. The zero-order chi connectivity index (χ0) is 12.0. The first-order valence-corrected chi connectivity index (χ1v) is 6.23. The molecular weight excluding hydrogens is 200 g/mol. The molecule has 1 N–H and O–H groups in total. The van der Waals surface area contributed by atoms with Gasteiger partial charge in [-0.2, -0.15) is 0 Å². The van der Waals surface area contributed by atoms with E-state index >= 15 is 0 Å². The van der Waals surface area contributed by atoms with Gasteiger partial charge in [-0.3, -0.25) is 4.79 Å². The Kier molecular flexibility index (Phi) is 5.00. The molecular formula is C13H24N2O. The third-order valence-corrected chi connectivity index (χ3v) is 3.40. The second-order valence-corrected chi connectivity index (χ2v) is 4.79. The second-order valence-electron chi connectivity index (χ2n) is 4.79. The summed E-state index contributed by atoms with van der Waals surface area (Å²) in [7, 11) is 1.87. The van der Waals surface area contributed by atoms with Gasteiger partial charge in [0, 0.05) is 20.1 Å². The number of nitrogens with zero attached hydrogens (tertiary/aromatic N) is 1. The van der Waals surface area contributed by atoms with Gasteiger partial charge in [0.2, 0.25) is 5.91 Å². The molecule has 0 bridgehead atoms. The molecule has 1 saturated heterocycles. The van der Waals surface area contributed by atoms with Gasteiger partial charge in [-0.15, -0.1) is 6.58 Å². The molecule has 1 unspecified atom stereocenters. The van der Waals surface area contributed by atoms with Crippen LogP contribution in [0.5, 0.6) is 0 Å². The van der Waals surface area contributed by atoms with Crippen molar-refractivity contribution in [2.24, 2.45) is 5.41 Å². The molecule has 1 heterocycles. The molecule has 1 aliphatic heterocycles. The molecule has 0 radical (unpaired) electrons. The van der Waals surface area contributed by atoms with Gasteiger partial charge in [-0.25, -0.2) is 0 Å². The molecule has 1 aliphatic rings. The molecule has 1 atom stereocenters. The van der Waals surface area contributed by atoms with Gasteiger partial charge in [0.25, 0.3) is 0 Å². The van der Waals surface area contributed by atoms with Crippen LogP contribution in [-0.4, -0.2) is 37.5 Å². The minimum Gasteiger partial charge on any atom is -0.342 e. The van der Waals surface area contributed by atoms with Gasteiger partial charge in [-0.05, 0) is 25.8 Å². The first-order chi connectivity index (χ1) is 7.66.